The van der Waals surface area contributed by atoms with Crippen LogP contribution in [0, 0.1) is 5.92 Å². The first-order valence-corrected chi connectivity index (χ1v) is 6.42. The molecule has 5 nitrogen and oxygen atoms in total. The fourth-order valence-electron chi connectivity index (χ4n) is 1.50. The number of halogens is 1. The van der Waals surface area contributed by atoms with Crippen molar-refractivity contribution in [1.29, 1.82) is 0 Å². The van der Waals surface area contributed by atoms with E-state index in [9.17, 15) is 0 Å². The molecule has 96 valence electrons. The zero-order chi connectivity index (χ0) is 13.0. The van der Waals surface area contributed by atoms with Gasteiger partial charge in [0.25, 0.3) is 0 Å². The van der Waals surface area contributed by atoms with Gasteiger partial charge >= 0.3 is 0 Å². The second-order valence-electron chi connectivity index (χ2n) is 4.31. The molecule has 0 fully saturated rings. The van der Waals surface area contributed by atoms with Crippen LogP contribution in [-0.4, -0.2) is 32.1 Å². The van der Waals surface area contributed by atoms with E-state index in [1.165, 1.54) is 0 Å². The molecular weight excluding hydrogens is 250 g/mol. The summed E-state index contributed by atoms with van der Waals surface area (Å²) in [5.41, 5.74) is 0.927. The molecule has 0 saturated heterocycles. The second-order valence-corrected chi connectivity index (χ2v) is 4.62. The SMILES string of the molecule is CC(CCl)C(C)Nc1nnnn1-c1ccccc1. The molecule has 2 atom stereocenters. The molecule has 1 heterocycles. The first kappa shape index (κ1) is 12.8. The summed E-state index contributed by atoms with van der Waals surface area (Å²) in [5, 5.41) is 15.0. The van der Waals surface area contributed by atoms with Gasteiger partial charge in [-0.25, -0.2) is 0 Å². The van der Waals surface area contributed by atoms with E-state index < -0.39 is 0 Å². The second kappa shape index (κ2) is 5.82. The predicted molar refractivity (Wildman–Crippen MR) is 72.1 cm³/mol. The lowest BCUT2D eigenvalue weighted by Gasteiger charge is -2.19. The third kappa shape index (κ3) is 2.79. The van der Waals surface area contributed by atoms with Crippen molar-refractivity contribution in [1.82, 2.24) is 20.2 Å². The van der Waals surface area contributed by atoms with E-state index in [1.807, 2.05) is 30.3 Å². The molecule has 0 spiro atoms. The number of nitrogens with zero attached hydrogens (tertiary/aromatic N) is 4. The maximum absolute atomic E-state index is 5.85. The highest BCUT2D eigenvalue weighted by atomic mass is 35.5. The third-order valence-electron chi connectivity index (χ3n) is 2.92. The quantitative estimate of drug-likeness (QED) is 0.843. The van der Waals surface area contributed by atoms with Crippen LogP contribution in [0.2, 0.25) is 0 Å². The van der Waals surface area contributed by atoms with E-state index in [0.29, 0.717) is 17.7 Å². The lowest BCUT2D eigenvalue weighted by molar-refractivity contribution is 0.560. The van der Waals surface area contributed by atoms with Crippen LogP contribution in [0.25, 0.3) is 5.69 Å². The summed E-state index contributed by atoms with van der Waals surface area (Å²) in [5.74, 6) is 1.57. The highest BCUT2D eigenvalue weighted by molar-refractivity contribution is 6.18. The Morgan fingerprint density at radius 1 is 1.28 bits per heavy atom. The summed E-state index contributed by atoms with van der Waals surface area (Å²) in [6, 6.07) is 9.97. The number of hydrogen-bond donors (Lipinski definition) is 1. The van der Waals surface area contributed by atoms with Crippen LogP contribution in [0.15, 0.2) is 30.3 Å². The summed E-state index contributed by atoms with van der Waals surface area (Å²) < 4.78 is 1.68. The van der Waals surface area contributed by atoms with E-state index in [0.717, 1.165) is 5.69 Å². The molecule has 0 saturated carbocycles. The Kier molecular flexibility index (Phi) is 4.15. The van der Waals surface area contributed by atoms with Crippen LogP contribution < -0.4 is 5.32 Å². The van der Waals surface area contributed by atoms with Gasteiger partial charge in [0, 0.05) is 11.9 Å². The lowest BCUT2D eigenvalue weighted by Crippen LogP contribution is -2.26. The zero-order valence-corrected chi connectivity index (χ0v) is 11.2. The Balaban J connectivity index is 2.19. The van der Waals surface area contributed by atoms with Crippen molar-refractivity contribution in [2.24, 2.45) is 5.92 Å². The van der Waals surface area contributed by atoms with E-state index in [-0.39, 0.29) is 6.04 Å². The number of alkyl halides is 1. The largest absolute Gasteiger partial charge is 0.350 e. The van der Waals surface area contributed by atoms with Crippen LogP contribution in [0.4, 0.5) is 5.95 Å². The molecule has 0 aliphatic heterocycles. The molecule has 0 aliphatic rings. The predicted octanol–water partition coefficient (Wildman–Crippen LogP) is 2.34. The number of aromatic nitrogens is 4. The molecular formula is C12H16ClN5. The average molecular weight is 266 g/mol. The molecule has 1 aromatic heterocycles. The Hall–Kier alpha value is -1.62. The molecule has 2 rings (SSSR count). The lowest BCUT2D eigenvalue weighted by atomic mass is 10.1. The van der Waals surface area contributed by atoms with Crippen LogP contribution in [0.1, 0.15) is 13.8 Å². The molecule has 0 aliphatic carbocycles. The summed E-state index contributed by atoms with van der Waals surface area (Å²) in [4.78, 5) is 0. The number of anilines is 1. The van der Waals surface area contributed by atoms with Gasteiger partial charge in [0.05, 0.1) is 5.69 Å². The normalized spacial score (nSPS) is 14.2. The summed E-state index contributed by atoms with van der Waals surface area (Å²) in [6.07, 6.45) is 0. The van der Waals surface area contributed by atoms with E-state index >= 15 is 0 Å². The van der Waals surface area contributed by atoms with Crippen molar-refractivity contribution >= 4 is 17.5 Å². The summed E-state index contributed by atoms with van der Waals surface area (Å²) >= 11 is 5.85. The van der Waals surface area contributed by atoms with Crippen molar-refractivity contribution in [2.75, 3.05) is 11.2 Å². The molecule has 1 N–H and O–H groups in total. The van der Waals surface area contributed by atoms with Crippen molar-refractivity contribution in [3.05, 3.63) is 30.3 Å². The van der Waals surface area contributed by atoms with Crippen molar-refractivity contribution in [3.63, 3.8) is 0 Å². The van der Waals surface area contributed by atoms with Gasteiger partial charge in [0.15, 0.2) is 0 Å². The van der Waals surface area contributed by atoms with E-state index in [1.54, 1.807) is 4.68 Å². The topological polar surface area (TPSA) is 55.6 Å². The maximum Gasteiger partial charge on any atom is 0.247 e. The van der Waals surface area contributed by atoms with Gasteiger partial charge in [-0.05, 0) is 35.4 Å². The van der Waals surface area contributed by atoms with Crippen LogP contribution in [0.5, 0.6) is 0 Å². The Labute approximate surface area is 111 Å². The molecule has 2 aromatic rings. The fraction of sp³-hybridized carbons (Fsp3) is 0.417. The Morgan fingerprint density at radius 3 is 2.67 bits per heavy atom. The molecule has 0 radical (unpaired) electrons. The van der Waals surface area contributed by atoms with Gasteiger partial charge in [-0.3, -0.25) is 0 Å². The van der Waals surface area contributed by atoms with Gasteiger partial charge in [-0.1, -0.05) is 30.2 Å². The minimum atomic E-state index is 0.205. The molecule has 6 heteroatoms. The molecule has 2 unspecified atom stereocenters. The molecule has 0 amide bonds. The minimum Gasteiger partial charge on any atom is -0.350 e. The first-order valence-electron chi connectivity index (χ1n) is 5.88. The molecule has 0 bridgehead atoms. The fourth-order valence-corrected chi connectivity index (χ4v) is 1.77. The van der Waals surface area contributed by atoms with Gasteiger partial charge in [0.1, 0.15) is 0 Å². The van der Waals surface area contributed by atoms with Crippen molar-refractivity contribution in [3.8, 4) is 5.69 Å². The van der Waals surface area contributed by atoms with Gasteiger partial charge < -0.3 is 5.32 Å². The van der Waals surface area contributed by atoms with Gasteiger partial charge in [-0.2, -0.15) is 4.68 Å². The number of para-hydroxylation sites is 1. The zero-order valence-electron chi connectivity index (χ0n) is 10.4. The van der Waals surface area contributed by atoms with Crippen LogP contribution in [0.3, 0.4) is 0 Å². The highest BCUT2D eigenvalue weighted by Crippen LogP contribution is 2.14. The van der Waals surface area contributed by atoms with Gasteiger partial charge in [-0.15, -0.1) is 11.6 Å². The first-order chi connectivity index (χ1) is 8.72. The summed E-state index contributed by atoms with van der Waals surface area (Å²) in [6.45, 7) is 4.15. The minimum absolute atomic E-state index is 0.205. The van der Waals surface area contributed by atoms with Crippen molar-refractivity contribution < 1.29 is 0 Å². The number of benzene rings is 1. The standard InChI is InChI=1S/C12H16ClN5/c1-9(8-13)10(2)14-12-15-16-17-18(12)11-6-4-3-5-7-11/h3-7,9-10H,8H2,1-2H3,(H,14,15,17). The van der Waals surface area contributed by atoms with Crippen LogP contribution in [-0.2, 0) is 0 Å². The molecule has 1 aromatic carbocycles. The van der Waals surface area contributed by atoms with Gasteiger partial charge in [0.2, 0.25) is 5.95 Å². The Bertz CT molecular complexity index is 484. The summed E-state index contributed by atoms with van der Waals surface area (Å²) in [7, 11) is 0. The third-order valence-corrected chi connectivity index (χ3v) is 3.41. The average Bonchev–Trinajstić information content (AvgIpc) is 2.86. The number of hydrogen-bond acceptors (Lipinski definition) is 4. The van der Waals surface area contributed by atoms with Crippen molar-refractivity contribution in [2.45, 2.75) is 19.9 Å². The van der Waals surface area contributed by atoms with E-state index in [2.05, 4.69) is 34.7 Å². The van der Waals surface area contributed by atoms with Crippen LogP contribution >= 0.6 is 11.6 Å². The highest BCUT2D eigenvalue weighted by Gasteiger charge is 2.15. The molecule has 18 heavy (non-hydrogen) atoms. The smallest absolute Gasteiger partial charge is 0.247 e. The van der Waals surface area contributed by atoms with E-state index in [4.69, 9.17) is 11.6 Å². The monoisotopic (exact) mass is 265 g/mol. The number of rotatable bonds is 5. The Morgan fingerprint density at radius 2 is 2.00 bits per heavy atom. The number of nitrogens with one attached hydrogen (secondary N) is 1. The maximum atomic E-state index is 5.85. The number of tetrazole rings is 1.